The Morgan fingerprint density at radius 1 is 1.55 bits per heavy atom. The summed E-state index contributed by atoms with van der Waals surface area (Å²) >= 11 is 0. The number of nitrogens with two attached hydrogens (primary N) is 1. The van der Waals surface area contributed by atoms with E-state index in [0.29, 0.717) is 11.6 Å². The number of amides is 1. The first kappa shape index (κ1) is 12.9. The molecule has 1 aliphatic rings. The van der Waals surface area contributed by atoms with Gasteiger partial charge in [0.05, 0.1) is 23.5 Å². The molecule has 0 atom stereocenters. The lowest BCUT2D eigenvalue weighted by Crippen LogP contribution is -2.48. The molecule has 1 amide bonds. The second-order valence-corrected chi connectivity index (χ2v) is 5.17. The molecule has 0 aromatic carbocycles. The van der Waals surface area contributed by atoms with E-state index in [1.165, 1.54) is 6.20 Å². The van der Waals surface area contributed by atoms with Crippen molar-refractivity contribution in [1.29, 1.82) is 0 Å². The Hall–Kier alpha value is -2.15. The van der Waals surface area contributed by atoms with Gasteiger partial charge in [0, 0.05) is 38.3 Å². The fourth-order valence-electron chi connectivity index (χ4n) is 2.36. The normalized spacial score (nSPS) is 16.2. The highest BCUT2D eigenvalue weighted by atomic mass is 16.5. The van der Waals surface area contributed by atoms with Gasteiger partial charge in [-0.3, -0.25) is 14.4 Å². The highest BCUT2D eigenvalue weighted by Gasteiger charge is 2.28. The first-order chi connectivity index (χ1) is 9.61. The lowest BCUT2D eigenvalue weighted by atomic mass is 10.1. The largest absolute Gasteiger partial charge is 0.366 e. The lowest BCUT2D eigenvalue weighted by molar-refractivity contribution is 0.0968. The van der Waals surface area contributed by atoms with Gasteiger partial charge >= 0.3 is 0 Å². The number of likely N-dealkylation sites (tertiary alicyclic amines) is 1. The summed E-state index contributed by atoms with van der Waals surface area (Å²) in [5.74, 6) is 0.481. The third-order valence-electron chi connectivity index (χ3n) is 3.55. The molecule has 0 aliphatic carbocycles. The topological polar surface area (TPSA) is 90.2 Å². The number of aryl methyl sites for hydroxylation is 1. The fourth-order valence-corrected chi connectivity index (χ4v) is 2.36. The van der Waals surface area contributed by atoms with E-state index in [2.05, 4.69) is 15.2 Å². The molecule has 3 rings (SSSR count). The summed E-state index contributed by atoms with van der Waals surface area (Å²) < 4.78 is 6.99. The van der Waals surface area contributed by atoms with Crippen molar-refractivity contribution in [1.82, 2.24) is 19.8 Å². The quantitative estimate of drug-likeness (QED) is 0.851. The molecule has 0 radical (unpaired) electrons. The highest BCUT2D eigenvalue weighted by Crippen LogP contribution is 2.21. The smallest absolute Gasteiger partial charge is 0.251 e. The van der Waals surface area contributed by atoms with Gasteiger partial charge in [-0.15, -0.1) is 0 Å². The Labute approximate surface area is 116 Å². The van der Waals surface area contributed by atoms with Gasteiger partial charge in [0.25, 0.3) is 5.91 Å². The monoisotopic (exact) mass is 275 g/mol. The van der Waals surface area contributed by atoms with E-state index in [1.807, 2.05) is 17.7 Å². The Morgan fingerprint density at radius 2 is 2.35 bits per heavy atom. The number of carbonyl (C=O) groups excluding carboxylic acids is 1. The minimum Gasteiger partial charge on any atom is -0.366 e. The molecule has 20 heavy (non-hydrogen) atoms. The molecule has 2 aromatic heterocycles. The Kier molecular flexibility index (Phi) is 3.27. The molecule has 3 heterocycles. The third kappa shape index (κ3) is 2.57. The van der Waals surface area contributed by atoms with Crippen LogP contribution in [0.2, 0.25) is 0 Å². The third-order valence-corrected chi connectivity index (χ3v) is 3.55. The van der Waals surface area contributed by atoms with Crippen LogP contribution in [0.25, 0.3) is 0 Å². The molecule has 2 aromatic rings. The van der Waals surface area contributed by atoms with Crippen LogP contribution in [0.3, 0.4) is 0 Å². The van der Waals surface area contributed by atoms with Crippen molar-refractivity contribution < 1.29 is 9.32 Å². The Bertz CT molecular complexity index is 612. The van der Waals surface area contributed by atoms with Gasteiger partial charge in [-0.1, -0.05) is 5.16 Å². The molecule has 1 aliphatic heterocycles. The summed E-state index contributed by atoms with van der Waals surface area (Å²) in [6, 6.07) is 2.28. The maximum atomic E-state index is 11.0. The molecule has 0 saturated carbocycles. The number of primary amides is 1. The zero-order valence-electron chi connectivity index (χ0n) is 11.3. The SMILES string of the molecule is Cc1cc(CCN2CC(n3cc(C(N)=O)cn3)C2)on1. The van der Waals surface area contributed by atoms with Gasteiger partial charge in [0.1, 0.15) is 5.76 Å². The minimum atomic E-state index is -0.437. The van der Waals surface area contributed by atoms with E-state index >= 15 is 0 Å². The van der Waals surface area contributed by atoms with Crippen molar-refractivity contribution in [3.63, 3.8) is 0 Å². The van der Waals surface area contributed by atoms with Crippen molar-refractivity contribution in [2.45, 2.75) is 19.4 Å². The molecule has 7 heteroatoms. The summed E-state index contributed by atoms with van der Waals surface area (Å²) in [7, 11) is 0. The summed E-state index contributed by atoms with van der Waals surface area (Å²) in [5.41, 5.74) is 6.58. The van der Waals surface area contributed by atoms with Gasteiger partial charge in [-0.05, 0) is 6.92 Å². The van der Waals surface area contributed by atoms with E-state index in [9.17, 15) is 4.79 Å². The Morgan fingerprint density at radius 3 is 2.95 bits per heavy atom. The van der Waals surface area contributed by atoms with Crippen LogP contribution in [-0.4, -0.2) is 45.4 Å². The average Bonchev–Trinajstić information content (AvgIpc) is 2.96. The summed E-state index contributed by atoms with van der Waals surface area (Å²) in [5, 5.41) is 8.04. The van der Waals surface area contributed by atoms with Crippen LogP contribution in [0, 0.1) is 6.92 Å². The van der Waals surface area contributed by atoms with E-state index in [1.54, 1.807) is 6.20 Å². The predicted molar refractivity (Wildman–Crippen MR) is 71.2 cm³/mol. The number of rotatable bonds is 5. The van der Waals surface area contributed by atoms with Crippen molar-refractivity contribution in [2.24, 2.45) is 5.73 Å². The van der Waals surface area contributed by atoms with E-state index in [-0.39, 0.29) is 0 Å². The van der Waals surface area contributed by atoms with Crippen molar-refractivity contribution in [2.75, 3.05) is 19.6 Å². The lowest BCUT2D eigenvalue weighted by Gasteiger charge is -2.39. The molecular formula is C13H17N5O2. The maximum Gasteiger partial charge on any atom is 0.251 e. The Balaban J connectivity index is 1.47. The van der Waals surface area contributed by atoms with E-state index in [0.717, 1.165) is 37.5 Å². The minimum absolute atomic E-state index is 0.319. The average molecular weight is 275 g/mol. The van der Waals surface area contributed by atoms with Gasteiger partial charge < -0.3 is 10.3 Å². The molecule has 0 bridgehead atoms. The first-order valence-corrected chi connectivity index (χ1v) is 6.60. The number of aromatic nitrogens is 3. The van der Waals surface area contributed by atoms with Crippen molar-refractivity contribution in [3.8, 4) is 0 Å². The van der Waals surface area contributed by atoms with Crippen molar-refractivity contribution in [3.05, 3.63) is 35.5 Å². The summed E-state index contributed by atoms with van der Waals surface area (Å²) in [6.07, 6.45) is 4.09. The van der Waals surface area contributed by atoms with E-state index in [4.69, 9.17) is 10.3 Å². The molecule has 7 nitrogen and oxygen atoms in total. The van der Waals surface area contributed by atoms with Gasteiger partial charge in [-0.2, -0.15) is 5.10 Å². The molecule has 1 saturated heterocycles. The van der Waals surface area contributed by atoms with Crippen LogP contribution < -0.4 is 5.73 Å². The second kappa shape index (κ2) is 5.09. The molecule has 0 spiro atoms. The van der Waals surface area contributed by atoms with Gasteiger partial charge in [0.15, 0.2) is 0 Å². The molecular weight excluding hydrogens is 258 g/mol. The predicted octanol–water partition coefficient (Wildman–Crippen LogP) is 0.378. The first-order valence-electron chi connectivity index (χ1n) is 6.60. The number of carbonyl (C=O) groups is 1. The highest BCUT2D eigenvalue weighted by molar-refractivity contribution is 5.92. The number of hydrogen-bond acceptors (Lipinski definition) is 5. The zero-order valence-corrected chi connectivity index (χ0v) is 11.3. The summed E-state index contributed by atoms with van der Waals surface area (Å²) in [4.78, 5) is 13.3. The fraction of sp³-hybridized carbons (Fsp3) is 0.462. The molecule has 106 valence electrons. The molecule has 2 N–H and O–H groups in total. The maximum absolute atomic E-state index is 11.0. The van der Waals surface area contributed by atoms with Gasteiger partial charge in [-0.25, -0.2) is 0 Å². The van der Waals surface area contributed by atoms with Crippen molar-refractivity contribution >= 4 is 5.91 Å². The summed E-state index contributed by atoms with van der Waals surface area (Å²) in [6.45, 7) is 4.70. The molecule has 0 unspecified atom stereocenters. The number of nitrogens with zero attached hydrogens (tertiary/aromatic N) is 4. The van der Waals surface area contributed by atoms with Crippen LogP contribution >= 0.6 is 0 Å². The molecule has 1 fully saturated rings. The zero-order chi connectivity index (χ0) is 14.1. The standard InChI is InChI=1S/C13H17N5O2/c1-9-4-12(20-16-9)2-3-17-7-11(8-17)18-6-10(5-15-18)13(14)19/h4-6,11H,2-3,7-8H2,1H3,(H2,14,19). The van der Waals surface area contributed by atoms with Gasteiger partial charge in [0.2, 0.25) is 0 Å². The van der Waals surface area contributed by atoms with Crippen LogP contribution in [0.15, 0.2) is 23.0 Å². The van der Waals surface area contributed by atoms with Crippen LogP contribution in [0.5, 0.6) is 0 Å². The van der Waals surface area contributed by atoms with Crippen LogP contribution in [0.1, 0.15) is 27.9 Å². The number of hydrogen-bond donors (Lipinski definition) is 1. The van der Waals surface area contributed by atoms with Crippen LogP contribution in [-0.2, 0) is 6.42 Å². The van der Waals surface area contributed by atoms with E-state index < -0.39 is 5.91 Å². The van der Waals surface area contributed by atoms with Crippen LogP contribution in [0.4, 0.5) is 0 Å². The second-order valence-electron chi connectivity index (χ2n) is 5.17.